The molecule has 86 valence electrons. The van der Waals surface area contributed by atoms with Gasteiger partial charge in [0, 0.05) is 0 Å². The van der Waals surface area contributed by atoms with Gasteiger partial charge in [-0.15, -0.1) is 0 Å². The van der Waals surface area contributed by atoms with Crippen molar-refractivity contribution in [3.05, 3.63) is 0 Å². The van der Waals surface area contributed by atoms with Crippen molar-refractivity contribution in [2.75, 3.05) is 19.5 Å². The molecule has 3 nitrogen and oxygen atoms in total. The molecule has 0 bridgehead atoms. The summed E-state index contributed by atoms with van der Waals surface area (Å²) in [6.45, 7) is 6.51. The number of hydrogen-bond acceptors (Lipinski definition) is 4. The molecule has 0 aliphatic heterocycles. The van der Waals surface area contributed by atoms with Crippen LogP contribution in [0.2, 0.25) is 5.82 Å². The first kappa shape index (κ1) is 15.0. The van der Waals surface area contributed by atoms with Gasteiger partial charge in [-0.3, -0.25) is 0 Å². The Morgan fingerprint density at radius 3 is 2.00 bits per heavy atom. The van der Waals surface area contributed by atoms with Crippen molar-refractivity contribution < 1.29 is 13.6 Å². The van der Waals surface area contributed by atoms with Gasteiger partial charge >= 0.3 is 97.4 Å². The molecular formula is C8H19O3PSSe. The molecule has 0 rings (SSSR count). The van der Waals surface area contributed by atoms with Gasteiger partial charge in [0.05, 0.1) is 0 Å². The van der Waals surface area contributed by atoms with Crippen LogP contribution in [0.4, 0.5) is 0 Å². The van der Waals surface area contributed by atoms with Gasteiger partial charge in [0.1, 0.15) is 0 Å². The molecular weight excluding hydrogens is 286 g/mol. The first-order chi connectivity index (χ1) is 6.49. The maximum atomic E-state index is 12.4. The minimum absolute atomic E-state index is 0.215. The van der Waals surface area contributed by atoms with Crippen LogP contribution in [0.25, 0.3) is 0 Å². The maximum absolute atomic E-state index is 12.4. The van der Waals surface area contributed by atoms with E-state index < -0.39 is 7.60 Å². The molecule has 0 fully saturated rings. The van der Waals surface area contributed by atoms with E-state index in [1.807, 2.05) is 27.0 Å². The Kier molecular flexibility index (Phi) is 7.05. The molecule has 6 heteroatoms. The summed E-state index contributed by atoms with van der Waals surface area (Å²) in [6.07, 6.45) is 1.95. The molecule has 0 N–H and O–H groups in total. The predicted molar refractivity (Wildman–Crippen MR) is 64.4 cm³/mol. The van der Waals surface area contributed by atoms with Crippen LogP contribution >= 0.6 is 19.4 Å². The van der Waals surface area contributed by atoms with Crippen molar-refractivity contribution in [1.82, 2.24) is 0 Å². The van der Waals surface area contributed by atoms with E-state index in [0.717, 1.165) is 0 Å². The van der Waals surface area contributed by atoms with Gasteiger partial charge in [0.15, 0.2) is 0 Å². The summed E-state index contributed by atoms with van der Waals surface area (Å²) in [4.78, 5) is 0. The molecule has 0 saturated carbocycles. The van der Waals surface area contributed by atoms with Gasteiger partial charge in [-0.2, -0.15) is 0 Å². The molecule has 0 spiro atoms. The van der Waals surface area contributed by atoms with Crippen molar-refractivity contribution in [3.8, 4) is 0 Å². The summed E-state index contributed by atoms with van der Waals surface area (Å²) in [5.41, 5.74) is 0. The summed E-state index contributed by atoms with van der Waals surface area (Å²) in [7, 11) is -2.95. The van der Waals surface area contributed by atoms with Gasteiger partial charge < -0.3 is 0 Å². The molecule has 0 aliphatic rings. The van der Waals surface area contributed by atoms with E-state index in [1.54, 1.807) is 11.8 Å². The molecule has 0 aromatic heterocycles. The Balaban J connectivity index is 4.86. The zero-order chi connectivity index (χ0) is 11.2. The van der Waals surface area contributed by atoms with Crippen LogP contribution < -0.4 is 0 Å². The third-order valence-electron chi connectivity index (χ3n) is 1.85. The van der Waals surface area contributed by atoms with Gasteiger partial charge in [-0.05, 0) is 0 Å². The van der Waals surface area contributed by atoms with Crippen molar-refractivity contribution >= 4 is 34.3 Å². The summed E-state index contributed by atoms with van der Waals surface area (Å²) >= 11 is 1.79. The zero-order valence-electron chi connectivity index (χ0n) is 9.40. The van der Waals surface area contributed by atoms with E-state index >= 15 is 0 Å². The van der Waals surface area contributed by atoms with Crippen LogP contribution in [0.15, 0.2) is 0 Å². The van der Waals surface area contributed by atoms with E-state index in [4.69, 9.17) is 9.05 Å². The third kappa shape index (κ3) is 3.26. The average Bonchev–Trinajstić information content (AvgIpc) is 2.17. The summed E-state index contributed by atoms with van der Waals surface area (Å²) in [5.74, 6) is 2.06. The Morgan fingerprint density at radius 1 is 1.36 bits per heavy atom. The fourth-order valence-electron chi connectivity index (χ4n) is 0.919. The van der Waals surface area contributed by atoms with Crippen LogP contribution in [0.5, 0.6) is 0 Å². The van der Waals surface area contributed by atoms with Crippen LogP contribution in [0.3, 0.4) is 0 Å². The molecule has 0 aromatic carbocycles. The second-order valence-electron chi connectivity index (χ2n) is 2.64. The van der Waals surface area contributed by atoms with Crippen LogP contribution in [-0.2, 0) is 13.6 Å². The molecule has 0 aromatic rings. The van der Waals surface area contributed by atoms with Crippen LogP contribution in [0.1, 0.15) is 20.8 Å². The Morgan fingerprint density at radius 2 is 1.79 bits per heavy atom. The summed E-state index contributed by atoms with van der Waals surface area (Å²) in [6, 6.07) is 0. The van der Waals surface area contributed by atoms with Gasteiger partial charge in [-0.1, -0.05) is 0 Å². The third-order valence-corrected chi connectivity index (χ3v) is 11.9. The van der Waals surface area contributed by atoms with E-state index in [-0.39, 0.29) is 18.3 Å². The molecule has 14 heavy (non-hydrogen) atoms. The normalized spacial score (nSPS) is 16.6. The van der Waals surface area contributed by atoms with Crippen LogP contribution in [0, 0.1) is 0 Å². The monoisotopic (exact) mass is 306 g/mol. The van der Waals surface area contributed by atoms with Crippen molar-refractivity contribution in [2.24, 2.45) is 0 Å². The number of rotatable bonds is 7. The first-order valence-corrected chi connectivity index (χ1v) is 9.82. The van der Waals surface area contributed by atoms with E-state index in [2.05, 4.69) is 5.82 Å². The number of hydrogen-bond donors (Lipinski definition) is 0. The predicted octanol–water partition coefficient (Wildman–Crippen LogP) is 3.04. The molecule has 1 unspecified atom stereocenters. The quantitative estimate of drug-likeness (QED) is 0.535. The van der Waals surface area contributed by atoms with E-state index in [0.29, 0.717) is 13.2 Å². The molecule has 0 aliphatic carbocycles. The minimum atomic E-state index is -2.95. The SMILES string of the molecule is CCOP(=O)(OCC)C(C)(SC)[Se]C. The van der Waals surface area contributed by atoms with Gasteiger partial charge in [-0.25, -0.2) is 0 Å². The average molecular weight is 305 g/mol. The number of thioether (sulfide) groups is 1. The molecule has 0 radical (unpaired) electrons. The Hall–Kier alpha value is 1.02. The first-order valence-electron chi connectivity index (χ1n) is 4.49. The fourth-order valence-corrected chi connectivity index (χ4v) is 6.86. The Labute approximate surface area is 97.4 Å². The van der Waals surface area contributed by atoms with Crippen molar-refractivity contribution in [3.63, 3.8) is 0 Å². The fraction of sp³-hybridized carbons (Fsp3) is 1.00. The summed E-state index contributed by atoms with van der Waals surface area (Å²) < 4.78 is 22.8. The topological polar surface area (TPSA) is 35.5 Å². The molecule has 1 atom stereocenters. The molecule has 0 saturated heterocycles. The second kappa shape index (κ2) is 6.57. The van der Waals surface area contributed by atoms with Crippen LogP contribution in [-0.4, -0.2) is 37.8 Å². The molecule has 0 heterocycles. The van der Waals surface area contributed by atoms with Gasteiger partial charge in [0.25, 0.3) is 0 Å². The zero-order valence-corrected chi connectivity index (χ0v) is 12.8. The summed E-state index contributed by atoms with van der Waals surface area (Å²) in [5, 5.41) is 0. The van der Waals surface area contributed by atoms with Gasteiger partial charge in [0.2, 0.25) is 0 Å². The standard InChI is InChI=1S/C8H19O3PSSe/c1-6-10-12(9,11-7-2)8(3,13-4)14-5/h6-7H2,1-5H3. The molecule has 0 amide bonds. The van der Waals surface area contributed by atoms with Crippen molar-refractivity contribution in [1.29, 1.82) is 0 Å². The Bertz CT molecular complexity index is 199. The van der Waals surface area contributed by atoms with E-state index in [9.17, 15) is 4.57 Å². The second-order valence-corrected chi connectivity index (χ2v) is 10.4. The van der Waals surface area contributed by atoms with E-state index in [1.165, 1.54) is 0 Å². The van der Waals surface area contributed by atoms with Crippen molar-refractivity contribution in [2.45, 2.75) is 30.0 Å².